The largest absolute Gasteiger partial charge is 0.480 e. The third kappa shape index (κ3) is 7.98. The van der Waals surface area contributed by atoms with Gasteiger partial charge in [-0.2, -0.15) is 0 Å². The highest BCUT2D eigenvalue weighted by molar-refractivity contribution is 5.76. The molecule has 0 fully saturated rings. The first-order valence-corrected chi connectivity index (χ1v) is 5.89. The van der Waals surface area contributed by atoms with Crippen molar-refractivity contribution in [1.29, 1.82) is 0 Å². The van der Waals surface area contributed by atoms with Gasteiger partial charge in [-0.15, -0.1) is 5.48 Å². The second-order valence-electron chi connectivity index (χ2n) is 5.10. The summed E-state index contributed by atoms with van der Waals surface area (Å²) in [5, 5.41) is 8.96. The first kappa shape index (κ1) is 17.2. The van der Waals surface area contributed by atoms with E-state index >= 15 is 0 Å². The average molecular weight is 274 g/mol. The van der Waals surface area contributed by atoms with Crippen LogP contribution < -0.4 is 16.9 Å². The monoisotopic (exact) mass is 274 g/mol. The van der Waals surface area contributed by atoms with Crippen LogP contribution in [0.15, 0.2) is 4.99 Å². The standard InChI is InChI=1S/C11H22N4O4/c1-11(2,3)9(18)19-15-7(8(16)17)5-4-6-14-10(12)13/h7,15H,4-6H2,1-3H3,(H,16,17)(H4,12,13,14)/t7-/m1/s1. The second-order valence-corrected chi connectivity index (χ2v) is 5.10. The lowest BCUT2D eigenvalue weighted by Gasteiger charge is -2.19. The maximum Gasteiger partial charge on any atom is 0.330 e. The van der Waals surface area contributed by atoms with E-state index in [4.69, 9.17) is 21.4 Å². The molecule has 0 aliphatic heterocycles. The second kappa shape index (κ2) is 7.57. The highest BCUT2D eigenvalue weighted by Gasteiger charge is 2.26. The van der Waals surface area contributed by atoms with Crippen LogP contribution in [-0.4, -0.2) is 35.6 Å². The van der Waals surface area contributed by atoms with Crippen LogP contribution in [0.25, 0.3) is 0 Å². The quantitative estimate of drug-likeness (QED) is 0.214. The number of aliphatic imine (C=N–C) groups is 1. The molecule has 1 atom stereocenters. The molecule has 0 unspecified atom stereocenters. The van der Waals surface area contributed by atoms with Crippen molar-refractivity contribution in [2.45, 2.75) is 39.7 Å². The molecule has 0 spiro atoms. The van der Waals surface area contributed by atoms with Gasteiger partial charge in [0.25, 0.3) is 0 Å². The highest BCUT2D eigenvalue weighted by atomic mass is 16.7. The van der Waals surface area contributed by atoms with Crippen molar-refractivity contribution >= 4 is 17.9 Å². The van der Waals surface area contributed by atoms with Crippen molar-refractivity contribution in [1.82, 2.24) is 5.48 Å². The van der Waals surface area contributed by atoms with E-state index in [1.165, 1.54) is 0 Å². The number of hydrogen-bond donors (Lipinski definition) is 4. The summed E-state index contributed by atoms with van der Waals surface area (Å²) >= 11 is 0. The third-order valence-corrected chi connectivity index (χ3v) is 2.15. The lowest BCUT2D eigenvalue weighted by Crippen LogP contribution is -2.40. The topological polar surface area (TPSA) is 140 Å². The lowest BCUT2D eigenvalue weighted by molar-refractivity contribution is -0.166. The van der Waals surface area contributed by atoms with Gasteiger partial charge in [0.15, 0.2) is 5.96 Å². The van der Waals surface area contributed by atoms with Crippen LogP contribution in [0.1, 0.15) is 33.6 Å². The number of nitrogens with one attached hydrogen (secondary N) is 1. The number of rotatable bonds is 7. The van der Waals surface area contributed by atoms with E-state index < -0.39 is 23.4 Å². The summed E-state index contributed by atoms with van der Waals surface area (Å²) in [5.41, 5.74) is 11.8. The van der Waals surface area contributed by atoms with E-state index in [1.807, 2.05) is 0 Å². The number of carboxylic acids is 1. The summed E-state index contributed by atoms with van der Waals surface area (Å²) in [6.45, 7) is 5.34. The molecule has 0 heterocycles. The molecule has 19 heavy (non-hydrogen) atoms. The van der Waals surface area contributed by atoms with Gasteiger partial charge in [0.05, 0.1) is 5.41 Å². The number of nitrogens with two attached hydrogens (primary N) is 2. The van der Waals surface area contributed by atoms with Gasteiger partial charge in [0.1, 0.15) is 6.04 Å². The zero-order valence-electron chi connectivity index (χ0n) is 11.5. The van der Waals surface area contributed by atoms with Gasteiger partial charge in [0.2, 0.25) is 0 Å². The fourth-order valence-corrected chi connectivity index (χ4v) is 1.01. The molecule has 0 bridgehead atoms. The molecule has 0 amide bonds. The highest BCUT2D eigenvalue weighted by Crippen LogP contribution is 2.14. The maximum absolute atomic E-state index is 11.5. The molecule has 0 radical (unpaired) electrons. The van der Waals surface area contributed by atoms with E-state index in [9.17, 15) is 9.59 Å². The minimum Gasteiger partial charge on any atom is -0.480 e. The Labute approximate surface area is 112 Å². The van der Waals surface area contributed by atoms with E-state index in [0.717, 1.165) is 0 Å². The van der Waals surface area contributed by atoms with Crippen molar-refractivity contribution < 1.29 is 19.5 Å². The van der Waals surface area contributed by atoms with Crippen molar-refractivity contribution in [2.75, 3.05) is 6.54 Å². The fraction of sp³-hybridized carbons (Fsp3) is 0.727. The summed E-state index contributed by atoms with van der Waals surface area (Å²) in [7, 11) is 0. The van der Waals surface area contributed by atoms with Crippen LogP contribution >= 0.6 is 0 Å². The Kier molecular flexibility index (Phi) is 6.84. The predicted molar refractivity (Wildman–Crippen MR) is 70.0 cm³/mol. The average Bonchev–Trinajstić information content (AvgIpc) is 2.25. The Morgan fingerprint density at radius 2 is 1.95 bits per heavy atom. The Hall–Kier alpha value is -1.83. The van der Waals surface area contributed by atoms with E-state index in [2.05, 4.69) is 10.5 Å². The smallest absolute Gasteiger partial charge is 0.330 e. The van der Waals surface area contributed by atoms with Gasteiger partial charge in [-0.3, -0.25) is 9.79 Å². The number of carboxylic acid groups (broad SMARTS) is 1. The van der Waals surface area contributed by atoms with Crippen LogP contribution in [0.4, 0.5) is 0 Å². The number of hydrogen-bond acceptors (Lipinski definition) is 5. The number of nitrogens with zero attached hydrogens (tertiary/aromatic N) is 1. The summed E-state index contributed by atoms with van der Waals surface area (Å²) in [5.74, 6) is -1.67. The molecule has 8 nitrogen and oxygen atoms in total. The molecule has 0 aliphatic carbocycles. The predicted octanol–water partition coefficient (Wildman–Crippen LogP) is -0.413. The van der Waals surface area contributed by atoms with Crippen LogP contribution in [0, 0.1) is 5.41 Å². The summed E-state index contributed by atoms with van der Waals surface area (Å²) in [4.78, 5) is 30.9. The molecule has 0 rings (SSSR count). The zero-order chi connectivity index (χ0) is 15.1. The molecular formula is C11H22N4O4. The molecular weight excluding hydrogens is 252 g/mol. The summed E-state index contributed by atoms with van der Waals surface area (Å²) in [6.07, 6.45) is 0.693. The van der Waals surface area contributed by atoms with Crippen molar-refractivity contribution in [2.24, 2.45) is 21.9 Å². The third-order valence-electron chi connectivity index (χ3n) is 2.15. The molecule has 110 valence electrons. The Morgan fingerprint density at radius 3 is 2.37 bits per heavy atom. The van der Waals surface area contributed by atoms with Gasteiger partial charge in [-0.25, -0.2) is 4.79 Å². The summed E-state index contributed by atoms with van der Waals surface area (Å²) in [6, 6.07) is -0.986. The molecule has 0 saturated carbocycles. The van der Waals surface area contributed by atoms with E-state index in [-0.39, 0.29) is 12.4 Å². The molecule has 0 aromatic carbocycles. The normalized spacial score (nSPS) is 12.6. The number of carbonyl (C=O) groups excluding carboxylic acids is 1. The fourth-order valence-electron chi connectivity index (χ4n) is 1.01. The van der Waals surface area contributed by atoms with Crippen molar-refractivity contribution in [3.63, 3.8) is 0 Å². The van der Waals surface area contributed by atoms with Crippen LogP contribution in [0.2, 0.25) is 0 Å². The number of aliphatic carboxylic acids is 1. The van der Waals surface area contributed by atoms with Gasteiger partial charge >= 0.3 is 11.9 Å². The molecule has 0 aromatic heterocycles. The van der Waals surface area contributed by atoms with Crippen molar-refractivity contribution in [3.05, 3.63) is 0 Å². The van der Waals surface area contributed by atoms with Gasteiger partial charge in [-0.1, -0.05) is 0 Å². The Balaban J connectivity index is 4.18. The van der Waals surface area contributed by atoms with Gasteiger partial charge < -0.3 is 21.4 Å². The Morgan fingerprint density at radius 1 is 1.37 bits per heavy atom. The number of guanidine groups is 1. The van der Waals surface area contributed by atoms with Crippen LogP contribution in [0.5, 0.6) is 0 Å². The summed E-state index contributed by atoms with van der Waals surface area (Å²) < 4.78 is 0. The minimum absolute atomic E-state index is 0.0426. The zero-order valence-corrected chi connectivity index (χ0v) is 11.5. The molecule has 6 N–H and O–H groups in total. The SMILES string of the molecule is CC(C)(C)C(=O)ON[C@H](CCCN=C(N)N)C(=O)O. The van der Waals surface area contributed by atoms with Crippen molar-refractivity contribution in [3.8, 4) is 0 Å². The van der Waals surface area contributed by atoms with Crippen LogP contribution in [-0.2, 0) is 14.4 Å². The molecule has 0 aliphatic rings. The van der Waals surface area contributed by atoms with E-state index in [0.29, 0.717) is 13.0 Å². The molecule has 0 saturated heterocycles. The first-order chi connectivity index (χ1) is 8.64. The minimum atomic E-state index is -1.11. The Bertz CT molecular complexity index is 345. The number of hydroxylamine groups is 1. The lowest BCUT2D eigenvalue weighted by atomic mass is 9.98. The van der Waals surface area contributed by atoms with E-state index in [1.54, 1.807) is 20.8 Å². The first-order valence-electron chi connectivity index (χ1n) is 5.89. The van der Waals surface area contributed by atoms with Crippen LogP contribution in [0.3, 0.4) is 0 Å². The van der Waals surface area contributed by atoms with Gasteiger partial charge in [0, 0.05) is 6.54 Å². The van der Waals surface area contributed by atoms with Gasteiger partial charge in [-0.05, 0) is 33.6 Å². The number of carbonyl (C=O) groups is 2. The maximum atomic E-state index is 11.5. The molecule has 8 heteroatoms. The molecule has 0 aromatic rings.